The average Bonchev–Trinajstić information content (AvgIpc) is 2.36. The van der Waals surface area contributed by atoms with Crippen molar-refractivity contribution in [3.63, 3.8) is 0 Å². The zero-order chi connectivity index (χ0) is 14.0. The predicted molar refractivity (Wildman–Crippen MR) is 76.9 cm³/mol. The zero-order valence-electron chi connectivity index (χ0n) is 11.9. The van der Waals surface area contributed by atoms with Crippen molar-refractivity contribution in [1.82, 2.24) is 4.98 Å². The first-order valence-corrected chi connectivity index (χ1v) is 6.33. The summed E-state index contributed by atoms with van der Waals surface area (Å²) in [6, 6.07) is 5.93. The van der Waals surface area contributed by atoms with Crippen LogP contribution in [0.1, 0.15) is 18.2 Å². The quantitative estimate of drug-likeness (QED) is 0.917. The van der Waals surface area contributed by atoms with Crippen LogP contribution in [-0.4, -0.2) is 25.2 Å². The Morgan fingerprint density at radius 2 is 1.84 bits per heavy atom. The van der Waals surface area contributed by atoms with Gasteiger partial charge in [-0.1, -0.05) is 0 Å². The Bertz CT molecular complexity index is 594. The summed E-state index contributed by atoms with van der Waals surface area (Å²) in [7, 11) is 3.31. The summed E-state index contributed by atoms with van der Waals surface area (Å²) in [4.78, 5) is 4.67. The van der Waals surface area contributed by atoms with Crippen LogP contribution in [0.25, 0.3) is 10.9 Å². The molecular formula is C15H20N2O2. The number of aromatic nitrogens is 1. The van der Waals surface area contributed by atoms with Crippen molar-refractivity contribution < 1.29 is 9.47 Å². The Balaban J connectivity index is 2.70. The molecule has 2 aromatic rings. The standard InChI is InChI=1S/C15H20N2O2/c1-9-7-11(8-10(2)16)17-15-13(19-4)6-5-12(18-3)14(9)15/h5-7,10H,8,16H2,1-4H3. The van der Waals surface area contributed by atoms with E-state index >= 15 is 0 Å². The predicted octanol–water partition coefficient (Wildman–Crippen LogP) is 2.45. The second-order valence-electron chi connectivity index (χ2n) is 4.81. The molecule has 1 atom stereocenters. The van der Waals surface area contributed by atoms with Gasteiger partial charge in [0.2, 0.25) is 0 Å². The first-order valence-electron chi connectivity index (χ1n) is 6.33. The van der Waals surface area contributed by atoms with E-state index in [1.54, 1.807) is 14.2 Å². The number of ether oxygens (including phenoxy) is 2. The Kier molecular flexibility index (Phi) is 3.90. The Labute approximate surface area is 113 Å². The maximum Gasteiger partial charge on any atom is 0.145 e. The second-order valence-corrected chi connectivity index (χ2v) is 4.81. The first kappa shape index (κ1) is 13.6. The molecule has 19 heavy (non-hydrogen) atoms. The third-order valence-electron chi connectivity index (χ3n) is 3.11. The summed E-state index contributed by atoms with van der Waals surface area (Å²) in [6.07, 6.45) is 0.747. The molecule has 0 radical (unpaired) electrons. The SMILES string of the molecule is COc1ccc(OC)c2c(C)cc(CC(C)N)nc12. The fourth-order valence-corrected chi connectivity index (χ4v) is 2.31. The maximum atomic E-state index is 5.85. The topological polar surface area (TPSA) is 57.4 Å². The minimum Gasteiger partial charge on any atom is -0.496 e. The number of rotatable bonds is 4. The Hall–Kier alpha value is -1.81. The van der Waals surface area contributed by atoms with Crippen LogP contribution in [0, 0.1) is 6.92 Å². The lowest BCUT2D eigenvalue weighted by Gasteiger charge is -2.13. The minimum atomic E-state index is 0.0842. The molecular weight excluding hydrogens is 240 g/mol. The third kappa shape index (κ3) is 2.63. The van der Waals surface area contributed by atoms with Crippen LogP contribution in [0.3, 0.4) is 0 Å². The summed E-state index contributed by atoms with van der Waals surface area (Å²) in [5, 5.41) is 0.996. The highest BCUT2D eigenvalue weighted by Crippen LogP contribution is 2.34. The molecule has 0 saturated heterocycles. The van der Waals surface area contributed by atoms with E-state index in [9.17, 15) is 0 Å². The largest absolute Gasteiger partial charge is 0.496 e. The molecule has 102 valence electrons. The van der Waals surface area contributed by atoms with E-state index in [0.29, 0.717) is 0 Å². The average molecular weight is 260 g/mol. The number of nitrogens with two attached hydrogens (primary N) is 1. The number of pyridine rings is 1. The van der Waals surface area contributed by atoms with Crippen LogP contribution in [0.15, 0.2) is 18.2 Å². The van der Waals surface area contributed by atoms with Crippen molar-refractivity contribution in [2.24, 2.45) is 5.73 Å². The molecule has 1 unspecified atom stereocenters. The molecule has 0 amide bonds. The van der Waals surface area contributed by atoms with Crippen LogP contribution >= 0.6 is 0 Å². The number of hydrogen-bond donors (Lipinski definition) is 1. The monoisotopic (exact) mass is 260 g/mol. The van der Waals surface area contributed by atoms with Crippen molar-refractivity contribution in [1.29, 1.82) is 0 Å². The number of fused-ring (bicyclic) bond motifs is 1. The maximum absolute atomic E-state index is 5.85. The number of methoxy groups -OCH3 is 2. The number of hydrogen-bond acceptors (Lipinski definition) is 4. The summed E-state index contributed by atoms with van der Waals surface area (Å²) in [5.74, 6) is 1.57. The van der Waals surface area contributed by atoms with E-state index in [4.69, 9.17) is 15.2 Å². The first-order chi connectivity index (χ1) is 9.06. The Morgan fingerprint density at radius 3 is 2.42 bits per heavy atom. The van der Waals surface area contributed by atoms with Gasteiger partial charge in [0.15, 0.2) is 0 Å². The molecule has 2 N–H and O–H groups in total. The molecule has 0 fully saturated rings. The van der Waals surface area contributed by atoms with Crippen LogP contribution in [0.4, 0.5) is 0 Å². The van der Waals surface area contributed by atoms with Crippen LogP contribution in [0.5, 0.6) is 11.5 Å². The van der Waals surface area contributed by atoms with Crippen molar-refractivity contribution >= 4 is 10.9 Å². The van der Waals surface area contributed by atoms with E-state index in [1.807, 2.05) is 19.1 Å². The van der Waals surface area contributed by atoms with Crippen LogP contribution < -0.4 is 15.2 Å². The van der Waals surface area contributed by atoms with Gasteiger partial charge in [-0.2, -0.15) is 0 Å². The molecule has 4 nitrogen and oxygen atoms in total. The minimum absolute atomic E-state index is 0.0842. The number of aryl methyl sites for hydroxylation is 1. The van der Waals surface area contributed by atoms with Gasteiger partial charge in [0, 0.05) is 23.5 Å². The summed E-state index contributed by atoms with van der Waals surface area (Å²) >= 11 is 0. The molecule has 1 aromatic carbocycles. The highest BCUT2D eigenvalue weighted by Gasteiger charge is 2.13. The number of benzene rings is 1. The fraction of sp³-hybridized carbons (Fsp3) is 0.400. The zero-order valence-corrected chi connectivity index (χ0v) is 11.9. The molecule has 0 aliphatic rings. The van der Waals surface area contributed by atoms with Gasteiger partial charge in [0.1, 0.15) is 17.0 Å². The van der Waals surface area contributed by atoms with E-state index < -0.39 is 0 Å². The van der Waals surface area contributed by atoms with Crippen molar-refractivity contribution in [2.75, 3.05) is 14.2 Å². The van der Waals surface area contributed by atoms with Crippen molar-refractivity contribution in [3.8, 4) is 11.5 Å². The lowest BCUT2D eigenvalue weighted by Crippen LogP contribution is -2.18. The highest BCUT2D eigenvalue weighted by molar-refractivity contribution is 5.92. The van der Waals surface area contributed by atoms with Gasteiger partial charge in [-0.25, -0.2) is 4.98 Å². The van der Waals surface area contributed by atoms with Crippen LogP contribution in [0.2, 0.25) is 0 Å². The summed E-state index contributed by atoms with van der Waals surface area (Å²) in [5.41, 5.74) is 8.78. The third-order valence-corrected chi connectivity index (χ3v) is 3.11. The van der Waals surface area contributed by atoms with Gasteiger partial charge in [-0.15, -0.1) is 0 Å². The van der Waals surface area contributed by atoms with Gasteiger partial charge in [-0.3, -0.25) is 0 Å². The molecule has 0 aliphatic heterocycles. The molecule has 1 heterocycles. The summed E-state index contributed by atoms with van der Waals surface area (Å²) < 4.78 is 10.8. The van der Waals surface area contributed by atoms with Gasteiger partial charge < -0.3 is 15.2 Å². The molecule has 0 spiro atoms. The second kappa shape index (κ2) is 5.45. The fourth-order valence-electron chi connectivity index (χ4n) is 2.31. The van der Waals surface area contributed by atoms with E-state index in [2.05, 4.69) is 18.0 Å². The van der Waals surface area contributed by atoms with Crippen LogP contribution in [-0.2, 0) is 6.42 Å². The van der Waals surface area contributed by atoms with E-state index in [-0.39, 0.29) is 6.04 Å². The molecule has 0 bridgehead atoms. The molecule has 0 saturated carbocycles. The van der Waals surface area contributed by atoms with Gasteiger partial charge in [0.25, 0.3) is 0 Å². The van der Waals surface area contributed by atoms with E-state index in [1.165, 1.54) is 0 Å². The molecule has 4 heteroatoms. The Morgan fingerprint density at radius 1 is 1.21 bits per heavy atom. The molecule has 0 aliphatic carbocycles. The summed E-state index contributed by atoms with van der Waals surface area (Å²) in [6.45, 7) is 4.03. The van der Waals surface area contributed by atoms with Crippen molar-refractivity contribution in [2.45, 2.75) is 26.3 Å². The highest BCUT2D eigenvalue weighted by atomic mass is 16.5. The molecule has 1 aromatic heterocycles. The lowest BCUT2D eigenvalue weighted by atomic mass is 10.0. The van der Waals surface area contributed by atoms with Gasteiger partial charge in [0.05, 0.1) is 14.2 Å². The lowest BCUT2D eigenvalue weighted by molar-refractivity contribution is 0.409. The normalized spacial score (nSPS) is 12.5. The smallest absolute Gasteiger partial charge is 0.145 e. The van der Waals surface area contributed by atoms with Gasteiger partial charge in [-0.05, 0) is 37.6 Å². The van der Waals surface area contributed by atoms with E-state index in [0.717, 1.165) is 40.1 Å². The molecule has 2 rings (SSSR count). The van der Waals surface area contributed by atoms with Crippen molar-refractivity contribution in [3.05, 3.63) is 29.5 Å². The van der Waals surface area contributed by atoms with Gasteiger partial charge >= 0.3 is 0 Å². The number of nitrogens with zero attached hydrogens (tertiary/aromatic N) is 1.